The highest BCUT2D eigenvalue weighted by atomic mass is 79.9. The SMILES string of the molecule is CCOC(=O)N(C)c1ccc(Cn2c(C)nc3ccc(Br)nc32)c(Cl)c1. The first-order valence-corrected chi connectivity index (χ1v) is 9.26. The smallest absolute Gasteiger partial charge is 0.413 e. The Bertz CT molecular complexity index is 973. The quantitative estimate of drug-likeness (QED) is 0.550. The minimum atomic E-state index is -0.415. The topological polar surface area (TPSA) is 60.2 Å². The Morgan fingerprint density at radius 1 is 1.31 bits per heavy atom. The number of halogens is 2. The van der Waals surface area contributed by atoms with Crippen LogP contribution >= 0.6 is 27.5 Å². The Balaban J connectivity index is 1.91. The number of hydrogen-bond donors (Lipinski definition) is 0. The largest absolute Gasteiger partial charge is 0.449 e. The number of hydrogen-bond acceptors (Lipinski definition) is 4. The van der Waals surface area contributed by atoms with E-state index in [4.69, 9.17) is 16.3 Å². The van der Waals surface area contributed by atoms with Crippen molar-refractivity contribution in [1.82, 2.24) is 14.5 Å². The zero-order valence-corrected chi connectivity index (χ0v) is 17.0. The van der Waals surface area contributed by atoms with Gasteiger partial charge in [0.05, 0.1) is 13.2 Å². The fourth-order valence-electron chi connectivity index (χ4n) is 2.65. The van der Waals surface area contributed by atoms with Gasteiger partial charge in [-0.2, -0.15) is 0 Å². The first-order chi connectivity index (χ1) is 12.4. The Hall–Kier alpha value is -2.12. The van der Waals surface area contributed by atoms with Gasteiger partial charge in [0.25, 0.3) is 0 Å². The summed E-state index contributed by atoms with van der Waals surface area (Å²) in [6.45, 7) is 4.57. The second kappa shape index (κ2) is 7.63. The third-order valence-corrected chi connectivity index (χ3v) is 4.84. The Labute approximate surface area is 164 Å². The van der Waals surface area contributed by atoms with E-state index < -0.39 is 6.09 Å². The molecule has 0 radical (unpaired) electrons. The van der Waals surface area contributed by atoms with Crippen LogP contribution in [0.1, 0.15) is 18.3 Å². The van der Waals surface area contributed by atoms with Crippen molar-refractivity contribution < 1.29 is 9.53 Å². The van der Waals surface area contributed by atoms with Crippen LogP contribution in [0.5, 0.6) is 0 Å². The van der Waals surface area contributed by atoms with Crippen LogP contribution in [0.4, 0.5) is 10.5 Å². The second-order valence-electron chi connectivity index (χ2n) is 5.76. The molecule has 3 aromatic rings. The highest BCUT2D eigenvalue weighted by molar-refractivity contribution is 9.10. The van der Waals surface area contributed by atoms with Gasteiger partial charge in [0.1, 0.15) is 15.9 Å². The van der Waals surface area contributed by atoms with Gasteiger partial charge in [0, 0.05) is 17.8 Å². The number of carbonyl (C=O) groups excluding carboxylic acids is 1. The fourth-order valence-corrected chi connectivity index (χ4v) is 3.18. The van der Waals surface area contributed by atoms with E-state index in [0.29, 0.717) is 23.9 Å². The van der Waals surface area contributed by atoms with Gasteiger partial charge in [-0.1, -0.05) is 17.7 Å². The summed E-state index contributed by atoms with van der Waals surface area (Å²) in [5, 5.41) is 0.565. The standard InChI is InChI=1S/C18H18BrClN4O2/c1-4-26-18(25)23(3)13-6-5-12(14(20)9-13)10-24-11(2)21-15-7-8-16(19)22-17(15)24/h5-9H,4,10H2,1-3H3. The van der Waals surface area contributed by atoms with E-state index in [9.17, 15) is 4.79 Å². The predicted octanol–water partition coefficient (Wildman–Crippen LogP) is 4.80. The van der Waals surface area contributed by atoms with Crippen molar-refractivity contribution in [2.75, 3.05) is 18.6 Å². The van der Waals surface area contributed by atoms with Crippen molar-refractivity contribution in [3.63, 3.8) is 0 Å². The molecule has 0 aliphatic carbocycles. The molecule has 0 N–H and O–H groups in total. The number of rotatable bonds is 4. The molecule has 0 saturated carbocycles. The lowest BCUT2D eigenvalue weighted by atomic mass is 10.2. The van der Waals surface area contributed by atoms with E-state index in [-0.39, 0.29) is 0 Å². The summed E-state index contributed by atoms with van der Waals surface area (Å²) in [4.78, 5) is 22.3. The van der Waals surface area contributed by atoms with Crippen LogP contribution in [0.3, 0.4) is 0 Å². The van der Waals surface area contributed by atoms with E-state index >= 15 is 0 Å². The molecule has 0 aliphatic heterocycles. The Morgan fingerprint density at radius 3 is 2.77 bits per heavy atom. The van der Waals surface area contributed by atoms with Crippen LogP contribution in [0.25, 0.3) is 11.2 Å². The van der Waals surface area contributed by atoms with Crippen molar-refractivity contribution in [3.05, 3.63) is 51.3 Å². The minimum absolute atomic E-state index is 0.324. The summed E-state index contributed by atoms with van der Waals surface area (Å²) < 4.78 is 7.77. The fraction of sp³-hybridized carbons (Fsp3) is 0.278. The van der Waals surface area contributed by atoms with Gasteiger partial charge >= 0.3 is 6.09 Å². The van der Waals surface area contributed by atoms with Crippen molar-refractivity contribution in [3.8, 4) is 0 Å². The molecule has 0 bridgehead atoms. The molecule has 2 heterocycles. The Morgan fingerprint density at radius 2 is 2.08 bits per heavy atom. The molecule has 136 valence electrons. The molecule has 3 rings (SSSR count). The average Bonchev–Trinajstić information content (AvgIpc) is 2.91. The maximum atomic E-state index is 11.9. The predicted molar refractivity (Wildman–Crippen MR) is 106 cm³/mol. The summed E-state index contributed by atoms with van der Waals surface area (Å²) in [7, 11) is 1.65. The van der Waals surface area contributed by atoms with E-state index in [1.807, 2.05) is 35.8 Å². The lowest BCUT2D eigenvalue weighted by molar-refractivity contribution is 0.161. The first kappa shape index (κ1) is 18.7. The number of aryl methyl sites for hydroxylation is 1. The molecular weight excluding hydrogens is 420 g/mol. The first-order valence-electron chi connectivity index (χ1n) is 8.09. The van der Waals surface area contributed by atoms with E-state index in [1.165, 1.54) is 4.90 Å². The van der Waals surface area contributed by atoms with Gasteiger partial charge in [0.15, 0.2) is 5.65 Å². The molecule has 0 spiro atoms. The van der Waals surface area contributed by atoms with Crippen LogP contribution in [0.15, 0.2) is 34.9 Å². The number of ether oxygens (including phenoxy) is 1. The van der Waals surface area contributed by atoms with Crippen molar-refractivity contribution >= 4 is 50.5 Å². The summed E-state index contributed by atoms with van der Waals surface area (Å²) >= 11 is 9.86. The monoisotopic (exact) mass is 436 g/mol. The second-order valence-corrected chi connectivity index (χ2v) is 6.98. The molecule has 1 amide bonds. The van der Waals surface area contributed by atoms with Crippen LogP contribution in [-0.4, -0.2) is 34.3 Å². The summed E-state index contributed by atoms with van der Waals surface area (Å²) in [5.41, 5.74) is 3.21. The average molecular weight is 438 g/mol. The molecule has 6 nitrogen and oxygen atoms in total. The lowest BCUT2D eigenvalue weighted by Crippen LogP contribution is -2.27. The summed E-state index contributed by atoms with van der Waals surface area (Å²) in [6, 6.07) is 9.29. The van der Waals surface area contributed by atoms with Gasteiger partial charge in [-0.15, -0.1) is 0 Å². The normalized spacial score (nSPS) is 11.0. The van der Waals surface area contributed by atoms with Crippen LogP contribution in [0, 0.1) is 6.92 Å². The van der Waals surface area contributed by atoms with Crippen LogP contribution in [-0.2, 0) is 11.3 Å². The number of anilines is 1. The molecule has 0 fully saturated rings. The summed E-state index contributed by atoms with van der Waals surface area (Å²) in [5.74, 6) is 0.856. The summed E-state index contributed by atoms with van der Waals surface area (Å²) in [6.07, 6.45) is -0.415. The van der Waals surface area contributed by atoms with Gasteiger partial charge in [-0.25, -0.2) is 14.8 Å². The zero-order chi connectivity index (χ0) is 18.8. The van der Waals surface area contributed by atoms with Gasteiger partial charge in [0.2, 0.25) is 0 Å². The highest BCUT2D eigenvalue weighted by Gasteiger charge is 2.15. The number of aromatic nitrogens is 3. The minimum Gasteiger partial charge on any atom is -0.449 e. The number of benzene rings is 1. The van der Waals surface area contributed by atoms with E-state index in [1.54, 1.807) is 20.0 Å². The number of carbonyl (C=O) groups is 1. The Kier molecular flexibility index (Phi) is 5.48. The van der Waals surface area contributed by atoms with Crippen molar-refractivity contribution in [1.29, 1.82) is 0 Å². The molecule has 26 heavy (non-hydrogen) atoms. The van der Waals surface area contributed by atoms with Gasteiger partial charge in [-0.3, -0.25) is 4.90 Å². The van der Waals surface area contributed by atoms with Crippen LogP contribution in [0.2, 0.25) is 5.02 Å². The zero-order valence-electron chi connectivity index (χ0n) is 14.7. The maximum absolute atomic E-state index is 11.9. The third kappa shape index (κ3) is 3.68. The molecule has 0 aliphatic rings. The molecule has 0 saturated heterocycles. The molecule has 2 aromatic heterocycles. The van der Waals surface area contributed by atoms with Crippen LogP contribution < -0.4 is 4.90 Å². The number of amides is 1. The maximum Gasteiger partial charge on any atom is 0.413 e. The molecule has 0 unspecified atom stereocenters. The van der Waals surface area contributed by atoms with E-state index in [0.717, 1.165) is 27.2 Å². The van der Waals surface area contributed by atoms with Gasteiger partial charge in [-0.05, 0) is 59.6 Å². The van der Waals surface area contributed by atoms with E-state index in [2.05, 4.69) is 25.9 Å². The number of pyridine rings is 1. The van der Waals surface area contributed by atoms with Crippen molar-refractivity contribution in [2.45, 2.75) is 20.4 Å². The van der Waals surface area contributed by atoms with Crippen molar-refractivity contribution in [2.24, 2.45) is 0 Å². The lowest BCUT2D eigenvalue weighted by Gasteiger charge is -2.18. The number of fused-ring (bicyclic) bond motifs is 1. The molecule has 0 atom stereocenters. The molecule has 8 heteroatoms. The third-order valence-electron chi connectivity index (χ3n) is 4.04. The molecule has 1 aromatic carbocycles. The molecular formula is C18H18BrClN4O2. The highest BCUT2D eigenvalue weighted by Crippen LogP contribution is 2.26. The number of imidazole rings is 1. The number of nitrogens with zero attached hydrogens (tertiary/aromatic N) is 4. The van der Waals surface area contributed by atoms with Gasteiger partial charge < -0.3 is 9.30 Å².